The maximum atomic E-state index is 12.9. The molecule has 6 nitrogen and oxygen atoms in total. The van der Waals surface area contributed by atoms with E-state index >= 15 is 0 Å². The van der Waals surface area contributed by atoms with Crippen molar-refractivity contribution in [2.24, 2.45) is 0 Å². The van der Waals surface area contributed by atoms with Crippen molar-refractivity contribution in [3.05, 3.63) is 52.9 Å². The van der Waals surface area contributed by atoms with Gasteiger partial charge in [0, 0.05) is 30.7 Å². The first-order chi connectivity index (χ1) is 13.7. The van der Waals surface area contributed by atoms with E-state index in [1.165, 1.54) is 11.3 Å². The fourth-order valence-corrected chi connectivity index (χ4v) is 3.41. The Labute approximate surface area is 169 Å². The van der Waals surface area contributed by atoms with Gasteiger partial charge in [0.25, 0.3) is 0 Å². The van der Waals surface area contributed by atoms with Crippen LogP contribution in [0.25, 0.3) is 10.4 Å². The Hall–Kier alpha value is -2.56. The summed E-state index contributed by atoms with van der Waals surface area (Å²) in [4.78, 5) is 12.7. The summed E-state index contributed by atoms with van der Waals surface area (Å²) in [6.45, 7) is 4.36. The van der Waals surface area contributed by atoms with Crippen LogP contribution in [0.1, 0.15) is 23.2 Å². The highest BCUT2D eigenvalue weighted by Gasteiger charge is 2.32. The van der Waals surface area contributed by atoms with Crippen molar-refractivity contribution >= 4 is 23.0 Å². The Morgan fingerprint density at radius 1 is 1.21 bits per heavy atom. The smallest absolute Gasteiger partial charge is 0.395 e. The molecule has 0 saturated heterocycles. The van der Waals surface area contributed by atoms with Crippen molar-refractivity contribution in [3.8, 4) is 10.4 Å². The van der Waals surface area contributed by atoms with Crippen LogP contribution in [-0.4, -0.2) is 32.7 Å². The third-order valence-corrected chi connectivity index (χ3v) is 5.04. The molecule has 0 aliphatic carbocycles. The monoisotopic (exact) mass is 423 g/mol. The minimum Gasteiger partial charge on any atom is -0.395 e. The topological polar surface area (TPSA) is 83.0 Å². The average Bonchev–Trinajstić information content (AvgIpc) is 3.14. The summed E-state index contributed by atoms with van der Waals surface area (Å²) in [5, 5.41) is 16.0. The fourth-order valence-electron chi connectivity index (χ4n) is 2.55. The van der Waals surface area contributed by atoms with Gasteiger partial charge < -0.3 is 15.7 Å². The number of anilines is 2. The lowest BCUT2D eigenvalue weighted by molar-refractivity contribution is -0.141. The van der Waals surface area contributed by atoms with Crippen LogP contribution in [0.5, 0.6) is 0 Å². The molecule has 10 heteroatoms. The van der Waals surface area contributed by atoms with Gasteiger partial charge in [0.2, 0.25) is 5.95 Å². The predicted octanol–water partition coefficient (Wildman–Crippen LogP) is 4.14. The molecule has 1 aromatic carbocycles. The maximum absolute atomic E-state index is 12.9. The van der Waals surface area contributed by atoms with Gasteiger partial charge >= 0.3 is 6.18 Å². The SMILES string of the molecule is Cc1cc(Nc2nccc(C(F)(F)F)n2)cc(-c2cnc(CNC(C)CO)s2)c1. The molecule has 0 bridgehead atoms. The minimum atomic E-state index is -4.53. The molecule has 3 rings (SSSR count). The second-order valence-corrected chi connectivity index (χ2v) is 7.67. The largest absolute Gasteiger partial charge is 0.433 e. The number of aliphatic hydroxyl groups excluding tert-OH is 1. The number of aryl methyl sites for hydroxylation is 1. The molecule has 2 heterocycles. The van der Waals surface area contributed by atoms with E-state index in [0.29, 0.717) is 12.2 Å². The highest BCUT2D eigenvalue weighted by molar-refractivity contribution is 7.15. The van der Waals surface area contributed by atoms with Gasteiger partial charge in [-0.15, -0.1) is 11.3 Å². The van der Waals surface area contributed by atoms with Crippen LogP contribution in [0.3, 0.4) is 0 Å². The van der Waals surface area contributed by atoms with Crippen molar-refractivity contribution in [2.75, 3.05) is 11.9 Å². The Kier molecular flexibility index (Phi) is 6.46. The number of aliphatic hydroxyl groups is 1. The van der Waals surface area contributed by atoms with E-state index in [-0.39, 0.29) is 18.6 Å². The molecule has 2 aromatic heterocycles. The predicted molar refractivity (Wildman–Crippen MR) is 106 cm³/mol. The van der Waals surface area contributed by atoms with E-state index in [0.717, 1.165) is 33.3 Å². The molecular weight excluding hydrogens is 403 g/mol. The maximum Gasteiger partial charge on any atom is 0.433 e. The molecule has 3 aromatic rings. The molecule has 154 valence electrons. The van der Waals surface area contributed by atoms with E-state index in [2.05, 4.69) is 25.6 Å². The molecule has 29 heavy (non-hydrogen) atoms. The first kappa shape index (κ1) is 21.2. The van der Waals surface area contributed by atoms with Crippen molar-refractivity contribution < 1.29 is 18.3 Å². The summed E-state index contributed by atoms with van der Waals surface area (Å²) in [6.07, 6.45) is -1.70. The number of hydrogen-bond donors (Lipinski definition) is 3. The van der Waals surface area contributed by atoms with Crippen LogP contribution in [0, 0.1) is 6.92 Å². The third kappa shape index (κ3) is 5.72. The van der Waals surface area contributed by atoms with Gasteiger partial charge in [0.15, 0.2) is 0 Å². The highest BCUT2D eigenvalue weighted by Crippen LogP contribution is 2.31. The number of thiazole rings is 1. The zero-order valence-corrected chi connectivity index (χ0v) is 16.6. The second kappa shape index (κ2) is 8.85. The van der Waals surface area contributed by atoms with Gasteiger partial charge in [-0.05, 0) is 43.2 Å². The van der Waals surface area contributed by atoms with Crippen LogP contribution in [-0.2, 0) is 12.7 Å². The summed E-state index contributed by atoms with van der Waals surface area (Å²) < 4.78 is 38.6. The molecule has 0 spiro atoms. The molecule has 0 aliphatic heterocycles. The molecule has 0 fully saturated rings. The van der Waals surface area contributed by atoms with Gasteiger partial charge in [0.05, 0.1) is 11.5 Å². The van der Waals surface area contributed by atoms with Gasteiger partial charge in [-0.2, -0.15) is 13.2 Å². The first-order valence-electron chi connectivity index (χ1n) is 8.83. The average molecular weight is 423 g/mol. The van der Waals surface area contributed by atoms with Gasteiger partial charge in [0.1, 0.15) is 10.7 Å². The Balaban J connectivity index is 1.80. The lowest BCUT2D eigenvalue weighted by Crippen LogP contribution is -2.28. The Morgan fingerprint density at radius 3 is 2.72 bits per heavy atom. The molecule has 0 aliphatic rings. The van der Waals surface area contributed by atoms with Gasteiger partial charge in [-0.25, -0.2) is 15.0 Å². The molecule has 1 atom stereocenters. The second-order valence-electron chi connectivity index (χ2n) is 6.56. The highest BCUT2D eigenvalue weighted by atomic mass is 32.1. The summed E-state index contributed by atoms with van der Waals surface area (Å²) in [7, 11) is 0. The van der Waals surface area contributed by atoms with Crippen LogP contribution < -0.4 is 10.6 Å². The van der Waals surface area contributed by atoms with E-state index < -0.39 is 11.9 Å². The van der Waals surface area contributed by atoms with Gasteiger partial charge in [-0.3, -0.25) is 0 Å². The van der Waals surface area contributed by atoms with Crippen molar-refractivity contribution in [2.45, 2.75) is 32.6 Å². The number of nitrogens with one attached hydrogen (secondary N) is 2. The molecule has 0 radical (unpaired) electrons. The molecule has 0 saturated carbocycles. The van der Waals surface area contributed by atoms with E-state index in [4.69, 9.17) is 5.11 Å². The van der Waals surface area contributed by atoms with E-state index in [1.54, 1.807) is 12.3 Å². The first-order valence-corrected chi connectivity index (χ1v) is 9.64. The molecule has 3 N–H and O–H groups in total. The van der Waals surface area contributed by atoms with Crippen molar-refractivity contribution in [1.82, 2.24) is 20.3 Å². The molecule has 1 unspecified atom stereocenters. The van der Waals surface area contributed by atoms with E-state index in [9.17, 15) is 13.2 Å². The number of aromatic nitrogens is 3. The Bertz CT molecular complexity index is 976. The van der Waals surface area contributed by atoms with Crippen molar-refractivity contribution in [1.29, 1.82) is 0 Å². The number of halogens is 3. The number of hydrogen-bond acceptors (Lipinski definition) is 7. The summed E-state index contributed by atoms with van der Waals surface area (Å²) in [5.74, 6) is -0.122. The molecular formula is C19H20F3N5OS. The quantitative estimate of drug-likeness (QED) is 0.530. The van der Waals surface area contributed by atoms with Crippen molar-refractivity contribution in [3.63, 3.8) is 0 Å². The lowest BCUT2D eigenvalue weighted by Gasteiger charge is -2.10. The zero-order chi connectivity index (χ0) is 21.0. The summed E-state index contributed by atoms with van der Waals surface area (Å²) in [5.41, 5.74) is 1.40. The lowest BCUT2D eigenvalue weighted by atomic mass is 10.1. The van der Waals surface area contributed by atoms with Gasteiger partial charge in [-0.1, -0.05) is 6.07 Å². The molecule has 0 amide bonds. The van der Waals surface area contributed by atoms with Crippen LogP contribution in [0.4, 0.5) is 24.8 Å². The third-order valence-electron chi connectivity index (χ3n) is 3.99. The number of benzene rings is 1. The fraction of sp³-hybridized carbons (Fsp3) is 0.316. The standard InChI is InChI=1S/C19H20F3N5OS/c1-11-5-13(15-8-25-17(29-15)9-24-12(2)10-28)7-14(6-11)26-18-23-4-3-16(27-18)19(20,21)22/h3-8,12,24,28H,9-10H2,1-2H3,(H,23,26,27). The van der Waals surface area contributed by atoms with Crippen LogP contribution in [0.2, 0.25) is 0 Å². The Morgan fingerprint density at radius 2 is 2.00 bits per heavy atom. The summed E-state index contributed by atoms with van der Waals surface area (Å²) >= 11 is 1.50. The minimum absolute atomic E-state index is 0.0235. The summed E-state index contributed by atoms with van der Waals surface area (Å²) in [6, 6.07) is 6.40. The van der Waals surface area contributed by atoms with Crippen LogP contribution >= 0.6 is 11.3 Å². The number of rotatable bonds is 7. The zero-order valence-electron chi connectivity index (χ0n) is 15.8. The number of alkyl halides is 3. The van der Waals surface area contributed by atoms with Crippen LogP contribution in [0.15, 0.2) is 36.7 Å². The normalized spacial score (nSPS) is 12.8. The van der Waals surface area contributed by atoms with E-state index in [1.807, 2.05) is 26.0 Å². The number of nitrogens with zero attached hydrogens (tertiary/aromatic N) is 3.